The largest absolute Gasteiger partial charge is 0.457 e. The van der Waals surface area contributed by atoms with E-state index in [1.165, 1.54) is 12.4 Å². The molecule has 2 aliphatic rings. The second-order valence-corrected chi connectivity index (χ2v) is 13.1. The lowest BCUT2D eigenvalue weighted by Crippen LogP contribution is -2.59. The molecule has 3 atom stereocenters. The highest BCUT2D eigenvalue weighted by atomic mass is 19.1. The second kappa shape index (κ2) is 13.1. The number of aromatic nitrogens is 4. The summed E-state index contributed by atoms with van der Waals surface area (Å²) in [6, 6.07) is 16.2. The Hall–Kier alpha value is -4.86. The van der Waals surface area contributed by atoms with Crippen LogP contribution in [0.1, 0.15) is 46.6 Å². The van der Waals surface area contributed by atoms with Crippen LogP contribution in [0.15, 0.2) is 66.5 Å². The average molecular weight is 638 g/mol. The molecule has 4 aromatic rings. The summed E-state index contributed by atoms with van der Waals surface area (Å²) in [6.07, 6.45) is 4.56. The summed E-state index contributed by atoms with van der Waals surface area (Å²) in [7, 11) is 0. The molecule has 4 heterocycles. The molecule has 2 aromatic carbocycles. The SMILES string of the molecule is C[C@@H]1CN(C(C)(C)/C=C(\C#N)C(=O)N2CCC[C@H](n3nc(-c4ccc(Oc5ccccc5)cc4F)c4c(N)ncnc43)C2)C[C@H](C)N1. The fourth-order valence-corrected chi connectivity index (χ4v) is 6.71. The maximum Gasteiger partial charge on any atom is 0.264 e. The number of carbonyl (C=O) groups excluding carboxylic acids is 1. The zero-order valence-electron chi connectivity index (χ0n) is 27.2. The third-order valence-electron chi connectivity index (χ3n) is 8.94. The number of ether oxygens (including phenoxy) is 1. The molecule has 0 aliphatic carbocycles. The maximum atomic E-state index is 15.7. The van der Waals surface area contributed by atoms with E-state index in [0.717, 1.165) is 13.1 Å². The van der Waals surface area contributed by atoms with Crippen molar-refractivity contribution in [1.29, 1.82) is 5.26 Å². The van der Waals surface area contributed by atoms with Crippen LogP contribution in [0.4, 0.5) is 10.2 Å². The Balaban J connectivity index is 1.27. The second-order valence-electron chi connectivity index (χ2n) is 13.1. The first-order valence-corrected chi connectivity index (χ1v) is 16.0. The predicted octanol–water partition coefficient (Wildman–Crippen LogP) is 5.08. The number of anilines is 1. The Kier molecular flexibility index (Phi) is 8.94. The molecular weight excluding hydrogens is 597 g/mol. The van der Waals surface area contributed by atoms with Crippen molar-refractivity contribution >= 4 is 22.8 Å². The molecule has 2 saturated heterocycles. The van der Waals surface area contributed by atoms with E-state index in [-0.39, 0.29) is 28.9 Å². The first kappa shape index (κ1) is 32.1. The van der Waals surface area contributed by atoms with Gasteiger partial charge >= 0.3 is 0 Å². The molecule has 12 heteroatoms. The number of carbonyl (C=O) groups is 1. The predicted molar refractivity (Wildman–Crippen MR) is 178 cm³/mol. The van der Waals surface area contributed by atoms with E-state index in [1.54, 1.807) is 39.9 Å². The Morgan fingerprint density at radius 2 is 1.85 bits per heavy atom. The van der Waals surface area contributed by atoms with Crippen LogP contribution in [0.5, 0.6) is 11.5 Å². The average Bonchev–Trinajstić information content (AvgIpc) is 3.44. The maximum absolute atomic E-state index is 15.7. The number of nitrogens with two attached hydrogens (primary N) is 1. The van der Waals surface area contributed by atoms with E-state index in [1.807, 2.05) is 32.0 Å². The molecule has 0 bridgehead atoms. The van der Waals surface area contributed by atoms with Gasteiger partial charge in [-0.15, -0.1) is 0 Å². The van der Waals surface area contributed by atoms with Gasteiger partial charge in [0, 0.05) is 55.4 Å². The third-order valence-corrected chi connectivity index (χ3v) is 8.94. The first-order chi connectivity index (χ1) is 22.5. The zero-order chi connectivity index (χ0) is 33.3. The summed E-state index contributed by atoms with van der Waals surface area (Å²) in [4.78, 5) is 26.5. The van der Waals surface area contributed by atoms with Crippen LogP contribution in [0.2, 0.25) is 0 Å². The van der Waals surface area contributed by atoms with Crippen molar-refractivity contribution in [2.75, 3.05) is 31.9 Å². The van der Waals surface area contributed by atoms with Gasteiger partial charge in [0.25, 0.3) is 5.91 Å². The topological polar surface area (TPSA) is 138 Å². The molecule has 6 rings (SSSR count). The molecule has 47 heavy (non-hydrogen) atoms. The summed E-state index contributed by atoms with van der Waals surface area (Å²) < 4.78 is 23.2. The fraction of sp³-hybridized carbons (Fsp3) is 0.400. The minimum atomic E-state index is -0.534. The van der Waals surface area contributed by atoms with Gasteiger partial charge in [-0.1, -0.05) is 18.2 Å². The van der Waals surface area contributed by atoms with Crippen LogP contribution in [0.3, 0.4) is 0 Å². The van der Waals surface area contributed by atoms with Crippen molar-refractivity contribution in [2.45, 2.75) is 64.2 Å². The molecule has 3 N–H and O–H groups in total. The van der Waals surface area contributed by atoms with Gasteiger partial charge in [-0.25, -0.2) is 19.0 Å². The Morgan fingerprint density at radius 3 is 2.55 bits per heavy atom. The number of rotatable bonds is 7. The molecule has 0 saturated carbocycles. The number of hydrogen-bond acceptors (Lipinski definition) is 9. The molecule has 0 radical (unpaired) electrons. The molecule has 0 unspecified atom stereocenters. The highest BCUT2D eigenvalue weighted by molar-refractivity contribution is 5.99. The van der Waals surface area contributed by atoms with Gasteiger partial charge in [-0.05, 0) is 70.9 Å². The van der Waals surface area contributed by atoms with E-state index >= 15 is 4.39 Å². The number of benzene rings is 2. The Morgan fingerprint density at radius 1 is 1.11 bits per heavy atom. The van der Waals surface area contributed by atoms with Gasteiger partial charge in [0.1, 0.15) is 46.8 Å². The molecule has 0 spiro atoms. The summed E-state index contributed by atoms with van der Waals surface area (Å²) in [5, 5.41) is 18.9. The van der Waals surface area contributed by atoms with Crippen LogP contribution in [0, 0.1) is 17.1 Å². The number of nitrogens with zero attached hydrogens (tertiary/aromatic N) is 7. The smallest absolute Gasteiger partial charge is 0.264 e. The zero-order valence-corrected chi connectivity index (χ0v) is 27.2. The number of para-hydroxylation sites is 1. The van der Waals surface area contributed by atoms with Crippen molar-refractivity contribution in [1.82, 2.24) is 34.9 Å². The van der Waals surface area contributed by atoms with Crippen molar-refractivity contribution in [3.05, 3.63) is 72.3 Å². The number of nitrogens with one attached hydrogen (secondary N) is 1. The summed E-state index contributed by atoms with van der Waals surface area (Å²) in [5.74, 6) is 0.268. The highest BCUT2D eigenvalue weighted by Crippen LogP contribution is 2.36. The molecule has 11 nitrogen and oxygen atoms in total. The van der Waals surface area contributed by atoms with Gasteiger partial charge < -0.3 is 20.7 Å². The first-order valence-electron chi connectivity index (χ1n) is 16.0. The van der Waals surface area contributed by atoms with E-state index in [4.69, 9.17) is 15.6 Å². The van der Waals surface area contributed by atoms with Crippen molar-refractivity contribution in [3.8, 4) is 28.8 Å². The lowest BCUT2D eigenvalue weighted by atomic mass is 9.95. The number of hydrogen-bond donors (Lipinski definition) is 2. The number of piperidine rings is 1. The van der Waals surface area contributed by atoms with Gasteiger partial charge in [0.15, 0.2) is 5.65 Å². The fourth-order valence-electron chi connectivity index (χ4n) is 6.71. The summed E-state index contributed by atoms with van der Waals surface area (Å²) in [5.41, 5.74) is 6.94. The van der Waals surface area contributed by atoms with Crippen molar-refractivity contribution in [2.24, 2.45) is 0 Å². The molecule has 2 aliphatic heterocycles. The Bertz CT molecular complexity index is 1840. The summed E-state index contributed by atoms with van der Waals surface area (Å²) >= 11 is 0. The van der Waals surface area contributed by atoms with Gasteiger partial charge in [0.05, 0.1) is 11.4 Å². The number of nitrogen functional groups attached to an aromatic ring is 1. The normalized spacial score (nSPS) is 21.1. The van der Waals surface area contributed by atoms with E-state index in [2.05, 4.69) is 40.1 Å². The monoisotopic (exact) mass is 637 g/mol. The minimum absolute atomic E-state index is 0.118. The number of fused-ring (bicyclic) bond motifs is 1. The van der Waals surface area contributed by atoms with E-state index in [9.17, 15) is 10.1 Å². The Labute approximate surface area is 273 Å². The van der Waals surface area contributed by atoms with Crippen LogP contribution in [-0.2, 0) is 4.79 Å². The third kappa shape index (κ3) is 6.68. The van der Waals surface area contributed by atoms with E-state index in [0.29, 0.717) is 66.2 Å². The van der Waals surface area contributed by atoms with Crippen LogP contribution in [-0.4, -0.2) is 79.3 Å². The van der Waals surface area contributed by atoms with E-state index < -0.39 is 11.4 Å². The van der Waals surface area contributed by atoms with Crippen molar-refractivity contribution < 1.29 is 13.9 Å². The van der Waals surface area contributed by atoms with Crippen LogP contribution < -0.4 is 15.8 Å². The van der Waals surface area contributed by atoms with Gasteiger partial charge in [-0.2, -0.15) is 10.4 Å². The number of nitriles is 1. The molecule has 244 valence electrons. The summed E-state index contributed by atoms with van der Waals surface area (Å²) in [6.45, 7) is 10.8. The van der Waals surface area contributed by atoms with Gasteiger partial charge in [0.2, 0.25) is 0 Å². The molecule has 2 aromatic heterocycles. The van der Waals surface area contributed by atoms with Crippen molar-refractivity contribution in [3.63, 3.8) is 0 Å². The standard InChI is InChI=1S/C35H40FN9O2/c1-22-18-44(19-23(2)41-22)35(3,4)16-24(17-37)34(46)43-14-8-9-25(20-43)45-33-30(32(38)39-21-40-33)31(42-45)28-13-12-27(15-29(28)36)47-26-10-6-5-7-11-26/h5-7,10-13,15-16,21-23,25,41H,8-9,14,18-20H2,1-4H3,(H2,38,39,40)/b24-16+/t22-,23+,25-/m0/s1. The number of likely N-dealkylation sites (tertiary alicyclic amines) is 1. The molecular formula is C35H40FN9O2. The quantitative estimate of drug-likeness (QED) is 0.210. The number of amides is 1. The highest BCUT2D eigenvalue weighted by Gasteiger charge is 2.34. The van der Waals surface area contributed by atoms with Crippen LogP contribution in [0.25, 0.3) is 22.3 Å². The lowest BCUT2D eigenvalue weighted by molar-refractivity contribution is -0.128. The molecule has 2 fully saturated rings. The molecule has 1 amide bonds. The van der Waals surface area contributed by atoms with Gasteiger partial charge in [-0.3, -0.25) is 9.69 Å². The number of piperazine rings is 1. The number of halogens is 1. The minimum Gasteiger partial charge on any atom is -0.457 e. The van der Waals surface area contributed by atoms with Crippen LogP contribution >= 0.6 is 0 Å². The lowest BCUT2D eigenvalue weighted by Gasteiger charge is -2.44.